The Morgan fingerprint density at radius 1 is 1.33 bits per heavy atom. The summed E-state index contributed by atoms with van der Waals surface area (Å²) in [6.45, 7) is 1.91. The fraction of sp³-hybridized carbons (Fsp3) is 0.250. The van der Waals surface area contributed by atoms with Crippen LogP contribution < -0.4 is 10.6 Å². The quantitative estimate of drug-likeness (QED) is 0.755. The standard InChI is InChI=1S/C16H15N7O/c17-8-11-2-1-3-12(6-11)13-9-22(4-5-24-13)15-7-14(18)23-16(21-15)19-10-20-23/h1-3,6-7,10,13H,4-5,9,18H2. The smallest absolute Gasteiger partial charge is 0.256 e. The zero-order valence-corrected chi connectivity index (χ0v) is 12.8. The van der Waals surface area contributed by atoms with E-state index in [1.807, 2.05) is 18.2 Å². The van der Waals surface area contributed by atoms with Gasteiger partial charge in [-0.25, -0.2) is 0 Å². The zero-order valence-electron chi connectivity index (χ0n) is 12.8. The summed E-state index contributed by atoms with van der Waals surface area (Å²) in [4.78, 5) is 10.7. The molecule has 1 aliphatic heterocycles. The van der Waals surface area contributed by atoms with E-state index in [1.165, 1.54) is 10.8 Å². The first-order valence-electron chi connectivity index (χ1n) is 7.57. The number of fused-ring (bicyclic) bond motifs is 1. The summed E-state index contributed by atoms with van der Waals surface area (Å²) >= 11 is 0. The molecule has 3 aromatic rings. The SMILES string of the molecule is N#Cc1cccc(C2CN(c3cc(N)n4ncnc4n3)CCO2)c1. The molecule has 1 fully saturated rings. The molecule has 1 unspecified atom stereocenters. The third kappa shape index (κ3) is 2.51. The first-order chi connectivity index (χ1) is 11.7. The van der Waals surface area contributed by atoms with Crippen molar-refractivity contribution in [2.45, 2.75) is 6.10 Å². The first-order valence-corrected chi connectivity index (χ1v) is 7.57. The average Bonchev–Trinajstić information content (AvgIpc) is 3.11. The van der Waals surface area contributed by atoms with Gasteiger partial charge in [0, 0.05) is 19.2 Å². The molecule has 0 spiro atoms. The third-order valence-corrected chi connectivity index (χ3v) is 4.04. The highest BCUT2D eigenvalue weighted by Crippen LogP contribution is 2.26. The number of nitriles is 1. The molecule has 24 heavy (non-hydrogen) atoms. The summed E-state index contributed by atoms with van der Waals surface area (Å²) in [7, 11) is 0. The van der Waals surface area contributed by atoms with Crippen LogP contribution in [0, 0.1) is 11.3 Å². The van der Waals surface area contributed by atoms with Gasteiger partial charge in [-0.1, -0.05) is 12.1 Å². The van der Waals surface area contributed by atoms with Gasteiger partial charge in [-0.2, -0.15) is 24.8 Å². The van der Waals surface area contributed by atoms with Gasteiger partial charge in [-0.3, -0.25) is 0 Å². The molecule has 2 aromatic heterocycles. The number of rotatable bonds is 2. The van der Waals surface area contributed by atoms with Crippen LogP contribution in [0.4, 0.5) is 11.6 Å². The number of hydrogen-bond donors (Lipinski definition) is 1. The zero-order chi connectivity index (χ0) is 16.5. The van der Waals surface area contributed by atoms with Crippen molar-refractivity contribution < 1.29 is 4.74 Å². The number of nitrogen functional groups attached to an aromatic ring is 1. The lowest BCUT2D eigenvalue weighted by molar-refractivity contribution is 0.0395. The molecule has 0 bridgehead atoms. The van der Waals surface area contributed by atoms with Crippen molar-refractivity contribution in [2.75, 3.05) is 30.3 Å². The van der Waals surface area contributed by atoms with Gasteiger partial charge >= 0.3 is 0 Å². The summed E-state index contributed by atoms with van der Waals surface area (Å²) in [6.07, 6.45) is 1.31. The molecular weight excluding hydrogens is 306 g/mol. The van der Waals surface area contributed by atoms with Gasteiger partial charge < -0.3 is 15.4 Å². The number of morpholine rings is 1. The molecule has 0 aliphatic carbocycles. The van der Waals surface area contributed by atoms with E-state index >= 15 is 0 Å². The molecule has 1 atom stereocenters. The molecule has 120 valence electrons. The second-order valence-corrected chi connectivity index (χ2v) is 5.55. The maximum atomic E-state index is 9.06. The van der Waals surface area contributed by atoms with E-state index in [2.05, 4.69) is 26.0 Å². The third-order valence-electron chi connectivity index (χ3n) is 4.04. The summed E-state index contributed by atoms with van der Waals surface area (Å²) in [5.41, 5.74) is 7.63. The van der Waals surface area contributed by atoms with Crippen LogP contribution in [-0.2, 0) is 4.74 Å². The van der Waals surface area contributed by atoms with Crippen LogP contribution in [0.2, 0.25) is 0 Å². The van der Waals surface area contributed by atoms with Crippen LogP contribution in [-0.4, -0.2) is 39.3 Å². The second kappa shape index (κ2) is 5.79. The van der Waals surface area contributed by atoms with Crippen molar-refractivity contribution in [2.24, 2.45) is 0 Å². The lowest BCUT2D eigenvalue weighted by Crippen LogP contribution is -2.39. The number of anilines is 2. The van der Waals surface area contributed by atoms with Gasteiger partial charge in [0.2, 0.25) is 0 Å². The van der Waals surface area contributed by atoms with Gasteiger partial charge in [0.05, 0.1) is 18.2 Å². The largest absolute Gasteiger partial charge is 0.383 e. The van der Waals surface area contributed by atoms with Crippen molar-refractivity contribution in [1.82, 2.24) is 19.6 Å². The van der Waals surface area contributed by atoms with Crippen LogP contribution in [0.3, 0.4) is 0 Å². The first kappa shape index (κ1) is 14.4. The number of nitrogens with two attached hydrogens (primary N) is 1. The molecule has 1 saturated heterocycles. The summed E-state index contributed by atoms with van der Waals surface area (Å²) in [6, 6.07) is 11.4. The van der Waals surface area contributed by atoms with E-state index in [1.54, 1.807) is 12.1 Å². The maximum Gasteiger partial charge on any atom is 0.256 e. The molecule has 1 aromatic carbocycles. The van der Waals surface area contributed by atoms with E-state index in [4.69, 9.17) is 15.7 Å². The van der Waals surface area contributed by atoms with Gasteiger partial charge in [-0.05, 0) is 17.7 Å². The van der Waals surface area contributed by atoms with Crippen LogP contribution in [0.15, 0.2) is 36.7 Å². The number of ether oxygens (including phenoxy) is 1. The predicted octanol–water partition coefficient (Wildman–Crippen LogP) is 1.16. The Morgan fingerprint density at radius 2 is 2.25 bits per heavy atom. The monoisotopic (exact) mass is 321 g/mol. The molecule has 0 amide bonds. The Labute approximate surface area is 138 Å². The Balaban J connectivity index is 1.63. The van der Waals surface area contributed by atoms with Gasteiger partial charge in [0.25, 0.3) is 5.78 Å². The summed E-state index contributed by atoms with van der Waals surface area (Å²) in [5.74, 6) is 1.71. The predicted molar refractivity (Wildman–Crippen MR) is 87.3 cm³/mol. The average molecular weight is 321 g/mol. The molecule has 0 radical (unpaired) electrons. The highest BCUT2D eigenvalue weighted by atomic mass is 16.5. The van der Waals surface area contributed by atoms with Crippen molar-refractivity contribution in [1.29, 1.82) is 5.26 Å². The van der Waals surface area contributed by atoms with Gasteiger partial charge in [0.15, 0.2) is 0 Å². The molecular formula is C16H15N7O. The van der Waals surface area contributed by atoms with E-state index in [0.717, 1.165) is 11.4 Å². The van der Waals surface area contributed by atoms with E-state index in [0.29, 0.717) is 36.9 Å². The minimum Gasteiger partial charge on any atom is -0.383 e. The molecule has 2 N–H and O–H groups in total. The van der Waals surface area contributed by atoms with Crippen molar-refractivity contribution >= 4 is 17.4 Å². The van der Waals surface area contributed by atoms with Crippen LogP contribution >= 0.6 is 0 Å². The number of aromatic nitrogens is 4. The molecule has 3 heterocycles. The van der Waals surface area contributed by atoms with E-state index < -0.39 is 0 Å². The topological polar surface area (TPSA) is 105 Å². The van der Waals surface area contributed by atoms with Gasteiger partial charge in [-0.15, -0.1) is 0 Å². The summed E-state index contributed by atoms with van der Waals surface area (Å²) < 4.78 is 7.37. The van der Waals surface area contributed by atoms with Crippen LogP contribution in [0.5, 0.6) is 0 Å². The number of hydrogen-bond acceptors (Lipinski definition) is 7. The highest BCUT2D eigenvalue weighted by molar-refractivity contribution is 5.53. The Kier molecular flexibility index (Phi) is 3.48. The molecule has 1 aliphatic rings. The maximum absolute atomic E-state index is 9.06. The number of benzene rings is 1. The normalized spacial score (nSPS) is 17.8. The van der Waals surface area contributed by atoms with Gasteiger partial charge in [0.1, 0.15) is 24.1 Å². The fourth-order valence-electron chi connectivity index (χ4n) is 2.85. The minimum absolute atomic E-state index is 0.121. The molecule has 0 saturated carbocycles. The fourth-order valence-corrected chi connectivity index (χ4v) is 2.85. The summed E-state index contributed by atoms with van der Waals surface area (Å²) in [5, 5.41) is 13.1. The Morgan fingerprint density at radius 3 is 3.12 bits per heavy atom. The Hall–Kier alpha value is -3.18. The van der Waals surface area contributed by atoms with Crippen LogP contribution in [0.1, 0.15) is 17.2 Å². The molecule has 8 heteroatoms. The lowest BCUT2D eigenvalue weighted by Gasteiger charge is -2.34. The second-order valence-electron chi connectivity index (χ2n) is 5.55. The lowest BCUT2D eigenvalue weighted by atomic mass is 10.0. The van der Waals surface area contributed by atoms with Crippen molar-refractivity contribution in [3.05, 3.63) is 47.8 Å². The van der Waals surface area contributed by atoms with Crippen molar-refractivity contribution in [3.63, 3.8) is 0 Å². The minimum atomic E-state index is -0.121. The van der Waals surface area contributed by atoms with Crippen LogP contribution in [0.25, 0.3) is 5.78 Å². The van der Waals surface area contributed by atoms with Crippen molar-refractivity contribution in [3.8, 4) is 6.07 Å². The Bertz CT molecular complexity index is 930. The highest BCUT2D eigenvalue weighted by Gasteiger charge is 2.24. The van der Waals surface area contributed by atoms with E-state index in [-0.39, 0.29) is 6.10 Å². The van der Waals surface area contributed by atoms with E-state index in [9.17, 15) is 0 Å². The molecule has 4 rings (SSSR count). The molecule has 8 nitrogen and oxygen atoms in total. The number of nitrogens with zero attached hydrogens (tertiary/aromatic N) is 6.